The van der Waals surface area contributed by atoms with Gasteiger partial charge in [-0.25, -0.2) is 22.8 Å². The van der Waals surface area contributed by atoms with Crippen LogP contribution in [0.3, 0.4) is 0 Å². The number of aromatic nitrogens is 3. The molecule has 1 aliphatic carbocycles. The van der Waals surface area contributed by atoms with Crippen molar-refractivity contribution in [3.05, 3.63) is 58.8 Å². The van der Waals surface area contributed by atoms with E-state index in [-0.39, 0.29) is 23.5 Å². The zero-order chi connectivity index (χ0) is 22.3. The van der Waals surface area contributed by atoms with Crippen LogP contribution in [0.5, 0.6) is 0 Å². The number of pyridine rings is 1. The van der Waals surface area contributed by atoms with Gasteiger partial charge >= 0.3 is 0 Å². The van der Waals surface area contributed by atoms with Gasteiger partial charge in [-0.15, -0.1) is 0 Å². The molecule has 0 bridgehead atoms. The van der Waals surface area contributed by atoms with Crippen molar-refractivity contribution in [1.29, 1.82) is 0 Å². The first-order valence-corrected chi connectivity index (χ1v) is 12.1. The van der Waals surface area contributed by atoms with E-state index in [1.807, 2.05) is 13.8 Å². The van der Waals surface area contributed by atoms with Crippen molar-refractivity contribution >= 4 is 9.84 Å². The summed E-state index contributed by atoms with van der Waals surface area (Å²) in [4.78, 5) is 13.4. The minimum absolute atomic E-state index is 0.0366. The summed E-state index contributed by atoms with van der Waals surface area (Å²) in [6.07, 6.45) is 4.62. The third-order valence-corrected chi connectivity index (χ3v) is 6.40. The van der Waals surface area contributed by atoms with Crippen LogP contribution in [0.1, 0.15) is 48.7 Å². The molecule has 0 unspecified atom stereocenters. The van der Waals surface area contributed by atoms with Crippen molar-refractivity contribution in [1.82, 2.24) is 15.0 Å². The van der Waals surface area contributed by atoms with E-state index in [0.717, 1.165) is 40.6 Å². The number of fused-ring (bicyclic) bond motifs is 3. The first-order chi connectivity index (χ1) is 14.7. The molecule has 0 fully saturated rings. The average Bonchev–Trinajstić information content (AvgIpc) is 2.91. The lowest BCUT2D eigenvalue weighted by Crippen LogP contribution is -2.10. The highest BCUT2D eigenvalue weighted by molar-refractivity contribution is 7.90. The summed E-state index contributed by atoms with van der Waals surface area (Å²) < 4.78 is 37.5. The number of rotatable bonds is 4. The molecule has 162 valence electrons. The van der Waals surface area contributed by atoms with Crippen LogP contribution in [-0.4, -0.2) is 34.7 Å². The predicted molar refractivity (Wildman–Crippen MR) is 116 cm³/mol. The van der Waals surface area contributed by atoms with E-state index in [1.54, 1.807) is 12.1 Å². The third-order valence-electron chi connectivity index (χ3n) is 5.54. The zero-order valence-corrected chi connectivity index (χ0v) is 18.5. The second-order valence-electron chi connectivity index (χ2n) is 8.14. The maximum absolute atomic E-state index is 13.6. The van der Waals surface area contributed by atoms with E-state index in [9.17, 15) is 17.9 Å². The number of hydrogen-bond donors (Lipinski definition) is 1. The van der Waals surface area contributed by atoms with Crippen LogP contribution < -0.4 is 0 Å². The molecule has 0 radical (unpaired) electrons. The highest BCUT2D eigenvalue weighted by Crippen LogP contribution is 2.41. The smallest absolute Gasteiger partial charge is 0.247 e. The van der Waals surface area contributed by atoms with Crippen LogP contribution in [0.2, 0.25) is 0 Å². The molecule has 4 rings (SSSR count). The Balaban J connectivity index is 2.06. The normalized spacial score (nSPS) is 13.6. The number of aliphatic hydroxyl groups is 1. The molecule has 0 spiro atoms. The molecule has 0 amide bonds. The molecule has 0 atom stereocenters. The second-order valence-corrected chi connectivity index (χ2v) is 10.0. The van der Waals surface area contributed by atoms with Gasteiger partial charge in [0.15, 0.2) is 0 Å². The standard InChI is InChI=1S/C23H24FN3O3S/c1-13(2)21-18(12-28)20(14-7-9-15(24)10-8-14)16-5-4-6-19-17(22(16)27-21)11-25-23(26-19)31(3,29)30/h7-11,13,28H,4-6,12H2,1-3H3. The Labute approximate surface area is 181 Å². The van der Waals surface area contributed by atoms with Gasteiger partial charge < -0.3 is 5.11 Å². The quantitative estimate of drug-likeness (QED) is 0.618. The minimum Gasteiger partial charge on any atom is -0.392 e. The Kier molecular flexibility index (Phi) is 5.61. The molecule has 8 heteroatoms. The van der Waals surface area contributed by atoms with E-state index in [1.165, 1.54) is 18.3 Å². The fourth-order valence-electron chi connectivity index (χ4n) is 4.15. The summed E-state index contributed by atoms with van der Waals surface area (Å²) in [6.45, 7) is 3.82. The van der Waals surface area contributed by atoms with Crippen molar-refractivity contribution in [3.63, 3.8) is 0 Å². The molecule has 3 aromatic rings. The van der Waals surface area contributed by atoms with E-state index in [0.29, 0.717) is 29.8 Å². The summed E-state index contributed by atoms with van der Waals surface area (Å²) >= 11 is 0. The molecule has 31 heavy (non-hydrogen) atoms. The number of halogens is 1. The Morgan fingerprint density at radius 1 is 1.13 bits per heavy atom. The molecule has 2 heterocycles. The SMILES string of the molecule is CC(C)c1nc2c(c(-c3ccc(F)cc3)c1CO)CCCc1nc(S(C)(=O)=O)ncc1-2. The molecular formula is C23H24FN3O3S. The average molecular weight is 442 g/mol. The summed E-state index contributed by atoms with van der Waals surface area (Å²) in [6, 6.07) is 6.24. The van der Waals surface area contributed by atoms with E-state index in [2.05, 4.69) is 9.97 Å². The Hall–Kier alpha value is -2.71. The zero-order valence-electron chi connectivity index (χ0n) is 17.7. The summed E-state index contributed by atoms with van der Waals surface area (Å²) in [7, 11) is -3.52. The van der Waals surface area contributed by atoms with Crippen molar-refractivity contribution < 1.29 is 17.9 Å². The molecule has 0 saturated heterocycles. The molecular weight excluding hydrogens is 417 g/mol. The number of nitrogens with zero attached hydrogens (tertiary/aromatic N) is 3. The second kappa shape index (κ2) is 8.09. The van der Waals surface area contributed by atoms with Crippen molar-refractivity contribution in [2.45, 2.75) is 50.8 Å². The molecule has 1 N–H and O–H groups in total. The van der Waals surface area contributed by atoms with Crippen LogP contribution in [-0.2, 0) is 29.3 Å². The van der Waals surface area contributed by atoms with Gasteiger partial charge in [0, 0.05) is 29.3 Å². The molecule has 1 aromatic carbocycles. The third kappa shape index (κ3) is 3.97. The number of aliphatic hydroxyl groups excluding tert-OH is 1. The van der Waals surface area contributed by atoms with Gasteiger partial charge in [0.2, 0.25) is 15.0 Å². The van der Waals surface area contributed by atoms with Crippen molar-refractivity contribution in [2.24, 2.45) is 0 Å². The lowest BCUT2D eigenvalue weighted by molar-refractivity contribution is 0.280. The Morgan fingerprint density at radius 2 is 1.84 bits per heavy atom. The van der Waals surface area contributed by atoms with Crippen LogP contribution >= 0.6 is 0 Å². The minimum atomic E-state index is -3.52. The molecule has 1 aliphatic rings. The van der Waals surface area contributed by atoms with Gasteiger partial charge in [0.1, 0.15) is 5.82 Å². The Morgan fingerprint density at radius 3 is 2.45 bits per heavy atom. The number of sulfone groups is 1. The number of benzene rings is 1. The fourth-order valence-corrected chi connectivity index (χ4v) is 4.67. The maximum atomic E-state index is 13.6. The summed E-state index contributed by atoms with van der Waals surface area (Å²) in [5, 5.41) is 10.1. The number of aryl methyl sites for hydroxylation is 1. The molecule has 2 aromatic heterocycles. The molecule has 0 aliphatic heterocycles. The monoisotopic (exact) mass is 441 g/mol. The van der Waals surface area contributed by atoms with Gasteiger partial charge in [-0.05, 0) is 54.0 Å². The topological polar surface area (TPSA) is 93.0 Å². The highest BCUT2D eigenvalue weighted by Gasteiger charge is 2.27. The van der Waals surface area contributed by atoms with Crippen LogP contribution in [0.4, 0.5) is 4.39 Å². The van der Waals surface area contributed by atoms with Crippen LogP contribution in [0.25, 0.3) is 22.4 Å². The van der Waals surface area contributed by atoms with Crippen molar-refractivity contribution in [3.8, 4) is 22.4 Å². The van der Waals surface area contributed by atoms with E-state index >= 15 is 0 Å². The summed E-state index contributed by atoms with van der Waals surface area (Å²) in [5.74, 6) is -0.292. The van der Waals surface area contributed by atoms with E-state index in [4.69, 9.17) is 4.98 Å². The van der Waals surface area contributed by atoms with Crippen LogP contribution in [0, 0.1) is 5.82 Å². The van der Waals surface area contributed by atoms with E-state index < -0.39 is 9.84 Å². The van der Waals surface area contributed by atoms with Gasteiger partial charge in [0.05, 0.1) is 18.0 Å². The largest absolute Gasteiger partial charge is 0.392 e. The Bertz CT molecular complexity index is 1260. The predicted octanol–water partition coefficient (Wildman–Crippen LogP) is 3.85. The fraction of sp³-hybridized carbons (Fsp3) is 0.348. The lowest BCUT2D eigenvalue weighted by atomic mass is 9.87. The first kappa shape index (κ1) is 21.5. The highest BCUT2D eigenvalue weighted by atomic mass is 32.2. The maximum Gasteiger partial charge on any atom is 0.247 e. The van der Waals surface area contributed by atoms with Gasteiger partial charge in [-0.2, -0.15) is 0 Å². The van der Waals surface area contributed by atoms with Gasteiger partial charge in [-0.1, -0.05) is 26.0 Å². The van der Waals surface area contributed by atoms with Gasteiger partial charge in [0.25, 0.3) is 0 Å². The van der Waals surface area contributed by atoms with Crippen LogP contribution in [0.15, 0.2) is 35.6 Å². The first-order valence-electron chi connectivity index (χ1n) is 10.2. The van der Waals surface area contributed by atoms with Crippen molar-refractivity contribution in [2.75, 3.05) is 6.26 Å². The summed E-state index contributed by atoms with van der Waals surface area (Å²) in [5.41, 5.74) is 6.15. The molecule has 6 nitrogen and oxygen atoms in total. The number of hydrogen-bond acceptors (Lipinski definition) is 6. The lowest BCUT2D eigenvalue weighted by Gasteiger charge is -2.22. The molecule has 0 saturated carbocycles. The van der Waals surface area contributed by atoms with Gasteiger partial charge in [-0.3, -0.25) is 4.98 Å².